The average molecular weight is 408 g/mol. The van der Waals surface area contributed by atoms with Crippen molar-refractivity contribution < 1.29 is 0 Å². The zero-order valence-corrected chi connectivity index (χ0v) is 15.9. The molecular formula is C16H28Br2N2. The van der Waals surface area contributed by atoms with E-state index in [1.165, 1.54) is 58.4 Å². The zero-order chi connectivity index (χ0) is 13.0. The summed E-state index contributed by atoms with van der Waals surface area (Å²) in [4.78, 5) is 6.05. The van der Waals surface area contributed by atoms with E-state index in [0.29, 0.717) is 5.41 Å². The fourth-order valence-electron chi connectivity index (χ4n) is 5.81. The second kappa shape index (κ2) is 5.82. The molecule has 4 heteroatoms. The quantitative estimate of drug-likeness (QED) is 0.647. The van der Waals surface area contributed by atoms with E-state index in [1.54, 1.807) is 6.42 Å². The smallest absolute Gasteiger partial charge is 0.0243 e. The Balaban J connectivity index is 0.00000121. The van der Waals surface area contributed by atoms with Crippen LogP contribution in [0.2, 0.25) is 0 Å². The second-order valence-corrected chi connectivity index (χ2v) is 8.94. The molecule has 0 aromatic rings. The predicted molar refractivity (Wildman–Crippen MR) is 93.0 cm³/mol. The molecule has 1 saturated heterocycles. The molecule has 2 nitrogen and oxygen atoms in total. The third-order valence-corrected chi connectivity index (χ3v) is 8.18. The summed E-state index contributed by atoms with van der Waals surface area (Å²) < 4.78 is 0. The van der Waals surface area contributed by atoms with E-state index >= 15 is 0 Å². The number of hydrogen-bond acceptors (Lipinski definition) is 2. The van der Waals surface area contributed by atoms with E-state index in [1.807, 2.05) is 0 Å². The SMILES string of the molecule is Br.CN1CCN(CC23CC4CC(CC(C4)C2Br)C3)CC1. The number of hydrogen-bond donors (Lipinski definition) is 0. The monoisotopic (exact) mass is 406 g/mol. The Morgan fingerprint density at radius 2 is 1.60 bits per heavy atom. The van der Waals surface area contributed by atoms with Crippen molar-refractivity contribution >= 4 is 32.9 Å². The van der Waals surface area contributed by atoms with Crippen LogP contribution in [0.25, 0.3) is 0 Å². The fraction of sp³-hybridized carbons (Fsp3) is 1.00. The summed E-state index contributed by atoms with van der Waals surface area (Å²) in [5.74, 6) is 3.14. The van der Waals surface area contributed by atoms with Gasteiger partial charge in [0.2, 0.25) is 0 Å². The number of nitrogens with zero attached hydrogens (tertiary/aromatic N) is 2. The van der Waals surface area contributed by atoms with E-state index in [-0.39, 0.29) is 17.0 Å². The van der Waals surface area contributed by atoms with E-state index in [9.17, 15) is 0 Å². The standard InChI is InChI=1S/C16H27BrN2.BrH/c1-18-2-4-19(5-3-18)11-16-9-12-6-13(10-16)8-14(7-12)15(16)17;/h12-15H,2-11H2,1H3;1H. The van der Waals surface area contributed by atoms with Crippen LogP contribution in [-0.4, -0.2) is 54.4 Å². The third kappa shape index (κ3) is 2.63. The molecule has 5 fully saturated rings. The molecule has 0 aromatic carbocycles. The summed E-state index contributed by atoms with van der Waals surface area (Å²) in [6.07, 6.45) is 7.64. The lowest BCUT2D eigenvalue weighted by atomic mass is 9.49. The van der Waals surface area contributed by atoms with Crippen molar-refractivity contribution in [3.05, 3.63) is 0 Å². The minimum absolute atomic E-state index is 0. The summed E-state index contributed by atoms with van der Waals surface area (Å²) in [6.45, 7) is 6.48. The summed E-state index contributed by atoms with van der Waals surface area (Å²) in [6, 6.07) is 0. The Morgan fingerprint density at radius 3 is 2.20 bits per heavy atom. The van der Waals surface area contributed by atoms with Gasteiger partial charge in [0, 0.05) is 37.6 Å². The maximum atomic E-state index is 4.14. The largest absolute Gasteiger partial charge is 0.304 e. The highest BCUT2D eigenvalue weighted by Gasteiger charge is 2.56. The number of halogens is 2. The summed E-state index contributed by atoms with van der Waals surface area (Å²) in [5, 5.41) is 0. The van der Waals surface area contributed by atoms with Crippen LogP contribution in [0.1, 0.15) is 32.1 Å². The van der Waals surface area contributed by atoms with Crippen molar-refractivity contribution in [1.82, 2.24) is 9.80 Å². The van der Waals surface area contributed by atoms with Crippen LogP contribution >= 0.6 is 32.9 Å². The average Bonchev–Trinajstić information content (AvgIpc) is 2.38. The second-order valence-electron chi connectivity index (χ2n) is 7.95. The van der Waals surface area contributed by atoms with E-state index in [2.05, 4.69) is 32.8 Å². The van der Waals surface area contributed by atoms with E-state index in [0.717, 1.165) is 22.6 Å². The molecule has 3 unspecified atom stereocenters. The molecule has 4 bridgehead atoms. The first-order valence-corrected chi connectivity index (χ1v) is 9.11. The molecule has 116 valence electrons. The van der Waals surface area contributed by atoms with Crippen LogP contribution in [0, 0.1) is 23.2 Å². The summed E-state index contributed by atoms with van der Waals surface area (Å²) in [5.41, 5.74) is 0.630. The van der Waals surface area contributed by atoms with Crippen LogP contribution in [0.5, 0.6) is 0 Å². The molecule has 5 aliphatic rings. The van der Waals surface area contributed by atoms with Gasteiger partial charge in [0.05, 0.1) is 0 Å². The highest BCUT2D eigenvalue weighted by atomic mass is 79.9. The Labute approximate surface area is 142 Å². The van der Waals surface area contributed by atoms with E-state index < -0.39 is 0 Å². The first kappa shape index (κ1) is 15.8. The molecule has 4 saturated carbocycles. The van der Waals surface area contributed by atoms with Crippen molar-refractivity contribution in [2.24, 2.45) is 23.2 Å². The molecular weight excluding hydrogens is 380 g/mol. The van der Waals surface area contributed by atoms with Gasteiger partial charge in [-0.1, -0.05) is 15.9 Å². The topological polar surface area (TPSA) is 6.48 Å². The third-order valence-electron chi connectivity index (χ3n) is 6.46. The maximum Gasteiger partial charge on any atom is 0.0243 e. The van der Waals surface area contributed by atoms with Gasteiger partial charge in [-0.2, -0.15) is 0 Å². The van der Waals surface area contributed by atoms with Gasteiger partial charge in [-0.05, 0) is 62.3 Å². The molecule has 0 amide bonds. The van der Waals surface area contributed by atoms with Crippen molar-refractivity contribution in [2.75, 3.05) is 39.8 Å². The Morgan fingerprint density at radius 1 is 1.00 bits per heavy atom. The first-order chi connectivity index (χ1) is 9.14. The number of alkyl halides is 1. The van der Waals surface area contributed by atoms with Gasteiger partial charge in [0.15, 0.2) is 0 Å². The number of rotatable bonds is 2. The van der Waals surface area contributed by atoms with E-state index in [4.69, 9.17) is 0 Å². The molecule has 0 N–H and O–H groups in total. The minimum Gasteiger partial charge on any atom is -0.304 e. The van der Waals surface area contributed by atoms with Crippen molar-refractivity contribution in [1.29, 1.82) is 0 Å². The molecule has 1 aliphatic heterocycles. The summed E-state index contributed by atoms with van der Waals surface area (Å²) >= 11 is 4.14. The lowest BCUT2D eigenvalue weighted by Gasteiger charge is -2.61. The van der Waals surface area contributed by atoms with Crippen molar-refractivity contribution in [2.45, 2.75) is 36.9 Å². The van der Waals surface area contributed by atoms with Crippen LogP contribution in [0.4, 0.5) is 0 Å². The van der Waals surface area contributed by atoms with Gasteiger partial charge in [-0.25, -0.2) is 0 Å². The fourth-order valence-corrected chi connectivity index (χ4v) is 6.76. The highest BCUT2D eigenvalue weighted by Crippen LogP contribution is 2.62. The van der Waals surface area contributed by atoms with Gasteiger partial charge < -0.3 is 9.80 Å². The molecule has 4 aliphatic carbocycles. The lowest BCUT2D eigenvalue weighted by molar-refractivity contribution is -0.0641. The van der Waals surface area contributed by atoms with Gasteiger partial charge in [-0.3, -0.25) is 0 Å². The van der Waals surface area contributed by atoms with Gasteiger partial charge in [0.1, 0.15) is 0 Å². The predicted octanol–water partition coefficient (Wildman–Crippen LogP) is 3.40. The lowest BCUT2D eigenvalue weighted by Crippen LogP contribution is -2.59. The normalized spacial score (nSPS) is 48.3. The molecule has 0 aromatic heterocycles. The minimum atomic E-state index is 0. The molecule has 0 radical (unpaired) electrons. The number of likely N-dealkylation sites (N-methyl/N-ethyl adjacent to an activating group) is 1. The van der Waals surface area contributed by atoms with Gasteiger partial charge in [0.25, 0.3) is 0 Å². The molecule has 3 atom stereocenters. The van der Waals surface area contributed by atoms with Gasteiger partial charge in [-0.15, -0.1) is 17.0 Å². The van der Waals surface area contributed by atoms with Crippen LogP contribution in [0.15, 0.2) is 0 Å². The Kier molecular flexibility index (Phi) is 4.59. The molecule has 5 rings (SSSR count). The van der Waals surface area contributed by atoms with Crippen LogP contribution in [-0.2, 0) is 0 Å². The Hall–Kier alpha value is 0.880. The molecule has 20 heavy (non-hydrogen) atoms. The highest BCUT2D eigenvalue weighted by molar-refractivity contribution is 9.09. The first-order valence-electron chi connectivity index (χ1n) is 8.20. The van der Waals surface area contributed by atoms with Crippen LogP contribution in [0.3, 0.4) is 0 Å². The van der Waals surface area contributed by atoms with Gasteiger partial charge >= 0.3 is 0 Å². The maximum absolute atomic E-state index is 4.14. The zero-order valence-electron chi connectivity index (χ0n) is 12.6. The van der Waals surface area contributed by atoms with Crippen molar-refractivity contribution in [3.63, 3.8) is 0 Å². The van der Waals surface area contributed by atoms with Crippen molar-refractivity contribution in [3.8, 4) is 0 Å². The van der Waals surface area contributed by atoms with Crippen LogP contribution < -0.4 is 0 Å². The molecule has 0 spiro atoms. The summed E-state index contributed by atoms with van der Waals surface area (Å²) in [7, 11) is 2.26. The Bertz CT molecular complexity index is 340. The number of piperazine rings is 1. The molecule has 1 heterocycles.